The summed E-state index contributed by atoms with van der Waals surface area (Å²) in [6.07, 6.45) is 19.0. The fourth-order valence-corrected chi connectivity index (χ4v) is 7.19. The lowest BCUT2D eigenvalue weighted by molar-refractivity contribution is 0.103. The number of aromatic hydroxyl groups is 2. The summed E-state index contributed by atoms with van der Waals surface area (Å²) >= 11 is 0. The fourth-order valence-electron chi connectivity index (χ4n) is 7.19. The number of ketones is 2. The van der Waals surface area contributed by atoms with Gasteiger partial charge in [0.25, 0.3) is 0 Å². The van der Waals surface area contributed by atoms with E-state index in [0.29, 0.717) is 72.2 Å². The Morgan fingerprint density at radius 3 is 1.26 bits per heavy atom. The predicted octanol–water partition coefficient (Wildman–Crippen LogP) is 14.1. The van der Waals surface area contributed by atoms with Gasteiger partial charge in [-0.25, -0.2) is 0 Å². The number of phenols is 2. The molecule has 4 aromatic carbocycles. The molecular formula is C56H72N4O8. The molecule has 364 valence electrons. The summed E-state index contributed by atoms with van der Waals surface area (Å²) in [5, 5.41) is 28.3. The van der Waals surface area contributed by atoms with E-state index in [4.69, 9.17) is 28.9 Å². The summed E-state index contributed by atoms with van der Waals surface area (Å²) in [5.41, 5.74) is 1.98. The molecule has 0 atom stereocenters. The molecule has 0 spiro atoms. The smallest absolute Gasteiger partial charge is 0.199 e. The average Bonchev–Trinajstić information content (AvgIpc) is 3.32. The summed E-state index contributed by atoms with van der Waals surface area (Å²) in [6, 6.07) is 19.7. The maximum Gasteiger partial charge on any atom is 0.199 e. The van der Waals surface area contributed by atoms with Gasteiger partial charge in [0, 0.05) is 49.1 Å². The lowest BCUT2D eigenvalue weighted by Crippen LogP contribution is -2.10. The van der Waals surface area contributed by atoms with Crippen molar-refractivity contribution in [2.75, 3.05) is 37.1 Å². The highest BCUT2D eigenvalue weighted by molar-refractivity contribution is 6.23. The van der Waals surface area contributed by atoms with E-state index in [2.05, 4.69) is 52.2 Å². The van der Waals surface area contributed by atoms with E-state index in [1.165, 1.54) is 75.5 Å². The van der Waals surface area contributed by atoms with E-state index in [9.17, 15) is 19.8 Å². The van der Waals surface area contributed by atoms with E-state index in [1.807, 2.05) is 0 Å². The SMILES string of the molecule is CCCCCCCCOc1cc2c(cc1OCC(C)C)N=C/C(C(=O)c1ccccc1O)=C\Nc1cc(OCCCCCCCC)c(OCC(C)C)cc1N=C/C(C(=O)c1ccccc1O)=C\N2. The van der Waals surface area contributed by atoms with Crippen molar-refractivity contribution in [2.45, 2.75) is 119 Å². The van der Waals surface area contributed by atoms with Gasteiger partial charge in [0.15, 0.2) is 34.6 Å². The number of nitrogens with zero attached hydrogens (tertiary/aromatic N) is 2. The molecule has 0 bridgehead atoms. The largest absolute Gasteiger partial charge is 0.507 e. The molecule has 4 N–H and O–H groups in total. The second-order valence-electron chi connectivity index (χ2n) is 18.0. The number of aliphatic imine (C=N–C) groups is 2. The van der Waals surface area contributed by atoms with Gasteiger partial charge in [-0.1, -0.05) is 130 Å². The number of fused-ring (bicyclic) bond motifs is 2. The molecule has 0 amide bonds. The minimum Gasteiger partial charge on any atom is -0.507 e. The number of allylic oxidation sites excluding steroid dienone is 2. The first-order valence-corrected chi connectivity index (χ1v) is 24.5. The first-order chi connectivity index (χ1) is 33.0. The molecule has 1 heterocycles. The number of phenolic OH excluding ortho intramolecular Hbond substituents is 2. The van der Waals surface area contributed by atoms with Crippen LogP contribution in [0.15, 0.2) is 106 Å². The predicted molar refractivity (Wildman–Crippen MR) is 276 cm³/mol. The third kappa shape index (κ3) is 16.3. The molecule has 0 unspecified atom stereocenters. The lowest BCUT2D eigenvalue weighted by atomic mass is 10.0. The number of nitrogens with one attached hydrogen (secondary N) is 2. The normalized spacial score (nSPS) is 14.1. The van der Waals surface area contributed by atoms with Gasteiger partial charge in [0.1, 0.15) is 11.5 Å². The topological polar surface area (TPSA) is 160 Å². The third-order valence-electron chi connectivity index (χ3n) is 11.1. The molecule has 0 saturated carbocycles. The molecule has 0 aliphatic carbocycles. The highest BCUT2D eigenvalue weighted by Crippen LogP contribution is 2.41. The highest BCUT2D eigenvalue weighted by Gasteiger charge is 2.21. The lowest BCUT2D eigenvalue weighted by Gasteiger charge is -2.18. The first-order valence-electron chi connectivity index (χ1n) is 24.5. The molecule has 5 rings (SSSR count). The number of rotatable bonds is 26. The van der Waals surface area contributed by atoms with Gasteiger partial charge in [-0.3, -0.25) is 19.6 Å². The van der Waals surface area contributed by atoms with Crippen LogP contribution in [0.5, 0.6) is 34.5 Å². The fraction of sp³-hybridized carbons (Fsp3) is 0.429. The second-order valence-corrected chi connectivity index (χ2v) is 18.0. The van der Waals surface area contributed by atoms with E-state index in [0.717, 1.165) is 38.5 Å². The molecule has 0 radical (unpaired) electrons. The summed E-state index contributed by atoms with van der Waals surface area (Å²) in [4.78, 5) is 38.5. The molecule has 0 fully saturated rings. The van der Waals surface area contributed by atoms with Crippen LogP contribution in [0.3, 0.4) is 0 Å². The monoisotopic (exact) mass is 929 g/mol. The minimum absolute atomic E-state index is 0.0831. The summed E-state index contributed by atoms with van der Waals surface area (Å²) < 4.78 is 25.4. The number of carbonyl (C=O) groups excluding carboxylic acids is 2. The van der Waals surface area contributed by atoms with E-state index in [1.54, 1.807) is 60.7 Å². The van der Waals surface area contributed by atoms with Gasteiger partial charge < -0.3 is 39.8 Å². The van der Waals surface area contributed by atoms with Crippen molar-refractivity contribution in [3.8, 4) is 34.5 Å². The average molecular weight is 929 g/mol. The van der Waals surface area contributed by atoms with E-state index >= 15 is 0 Å². The molecule has 1 aliphatic rings. The number of anilines is 2. The second kappa shape index (κ2) is 27.9. The Balaban J connectivity index is 1.68. The van der Waals surface area contributed by atoms with Crippen LogP contribution in [0, 0.1) is 11.8 Å². The number of hydrogen-bond acceptors (Lipinski definition) is 12. The highest BCUT2D eigenvalue weighted by atomic mass is 16.5. The van der Waals surface area contributed by atoms with E-state index in [-0.39, 0.29) is 45.6 Å². The Hall–Kier alpha value is -6.56. The van der Waals surface area contributed by atoms with Crippen LogP contribution in [-0.4, -0.2) is 60.6 Å². The molecule has 0 aromatic heterocycles. The van der Waals surface area contributed by atoms with Crippen LogP contribution in [0.4, 0.5) is 22.7 Å². The van der Waals surface area contributed by atoms with Crippen LogP contribution in [0.25, 0.3) is 0 Å². The standard InChI is InChI=1S/C56H72N4O8/c1-7-9-11-13-15-21-27-65-51-29-45-47(31-53(51)67-37-39(3)4)59-35-42(56(64)44-24-18-20-26-50(44)62)34-58-46-30-52(66-28-22-16-14-12-10-8-2)54(68-38-40(5)6)32-48(46)60-36-41(33-57-45)55(63)43-23-17-19-25-49(43)61/h17-20,23-26,29-36,39-40,57-58,61-62H,7-16,21-22,27-28,37-38H2,1-6H3/b41-33+,42-34+,59-35?,60-36?. The van der Waals surface area contributed by atoms with Crippen molar-refractivity contribution < 1.29 is 38.7 Å². The number of hydrogen-bond donors (Lipinski definition) is 4. The maximum absolute atomic E-state index is 14.4. The van der Waals surface area contributed by atoms with Gasteiger partial charge in [-0.2, -0.15) is 0 Å². The zero-order valence-electron chi connectivity index (χ0n) is 40.9. The summed E-state index contributed by atoms with van der Waals surface area (Å²) in [5.74, 6) is 0.969. The molecule has 0 saturated heterocycles. The molecule has 12 nitrogen and oxygen atoms in total. The van der Waals surface area contributed by atoms with E-state index < -0.39 is 11.6 Å². The Labute approximate surface area is 403 Å². The van der Waals surface area contributed by atoms with Gasteiger partial charge >= 0.3 is 0 Å². The molecule has 12 heteroatoms. The number of ether oxygens (including phenoxy) is 4. The molecular weight excluding hydrogens is 857 g/mol. The number of benzene rings is 4. The minimum atomic E-state index is -0.493. The summed E-state index contributed by atoms with van der Waals surface area (Å²) in [7, 11) is 0. The number of carbonyl (C=O) groups is 2. The van der Waals surface area contributed by atoms with Crippen molar-refractivity contribution >= 4 is 46.7 Å². The maximum atomic E-state index is 14.4. The van der Waals surface area contributed by atoms with Crippen molar-refractivity contribution in [3.05, 3.63) is 107 Å². The van der Waals surface area contributed by atoms with Crippen LogP contribution < -0.4 is 29.6 Å². The van der Waals surface area contributed by atoms with Crippen LogP contribution in [-0.2, 0) is 0 Å². The molecule has 4 aromatic rings. The Morgan fingerprint density at radius 1 is 0.515 bits per heavy atom. The van der Waals surface area contributed by atoms with Crippen LogP contribution in [0.1, 0.15) is 139 Å². The number of para-hydroxylation sites is 2. The zero-order valence-corrected chi connectivity index (χ0v) is 40.9. The van der Waals surface area contributed by atoms with Crippen LogP contribution in [0.2, 0.25) is 0 Å². The molecule has 68 heavy (non-hydrogen) atoms. The Bertz CT molecular complexity index is 2220. The molecule has 1 aliphatic heterocycles. The van der Waals surface area contributed by atoms with Crippen molar-refractivity contribution in [2.24, 2.45) is 21.8 Å². The van der Waals surface area contributed by atoms with Crippen molar-refractivity contribution in [1.29, 1.82) is 0 Å². The summed E-state index contributed by atoms with van der Waals surface area (Å²) in [6.45, 7) is 14.4. The van der Waals surface area contributed by atoms with Gasteiger partial charge in [-0.15, -0.1) is 0 Å². The Kier molecular flexibility index (Phi) is 21.5. The third-order valence-corrected chi connectivity index (χ3v) is 11.1. The zero-order chi connectivity index (χ0) is 48.7. The van der Waals surface area contributed by atoms with Crippen molar-refractivity contribution in [1.82, 2.24) is 0 Å². The van der Waals surface area contributed by atoms with Gasteiger partial charge in [0.2, 0.25) is 0 Å². The number of Topliss-reactive ketones (excluding diaryl/α,β-unsaturated/α-hetero) is 2. The van der Waals surface area contributed by atoms with Gasteiger partial charge in [0.05, 0.1) is 71.5 Å². The number of unbranched alkanes of at least 4 members (excludes halogenated alkanes) is 10. The first kappa shape index (κ1) is 52.4. The quantitative estimate of drug-likeness (QED) is 0.0352. The van der Waals surface area contributed by atoms with Crippen molar-refractivity contribution in [3.63, 3.8) is 0 Å². The van der Waals surface area contributed by atoms with Crippen LogP contribution >= 0.6 is 0 Å². The Morgan fingerprint density at radius 2 is 0.882 bits per heavy atom. The van der Waals surface area contributed by atoms with Gasteiger partial charge in [-0.05, 0) is 48.9 Å².